The second-order valence-electron chi connectivity index (χ2n) is 4.13. The molecule has 2 rings (SSSR count). The van der Waals surface area contributed by atoms with E-state index >= 15 is 0 Å². The van der Waals surface area contributed by atoms with Gasteiger partial charge in [0.2, 0.25) is 0 Å². The van der Waals surface area contributed by atoms with E-state index in [4.69, 9.17) is 11.6 Å². The normalized spacial score (nSPS) is 12.7. The largest absolute Gasteiger partial charge is 0.435 e. The van der Waals surface area contributed by atoms with Gasteiger partial charge in [-0.25, -0.2) is 4.68 Å². The molecule has 0 aliphatic rings. The summed E-state index contributed by atoms with van der Waals surface area (Å²) in [6, 6.07) is 3.73. The van der Waals surface area contributed by atoms with E-state index in [9.17, 15) is 26.3 Å². The van der Waals surface area contributed by atoms with Gasteiger partial charge in [0, 0.05) is 12.1 Å². The summed E-state index contributed by atoms with van der Waals surface area (Å²) in [5.41, 5.74) is -2.66. The maximum atomic E-state index is 13.0. The maximum Gasteiger partial charge on any atom is 0.435 e. The van der Waals surface area contributed by atoms with Crippen molar-refractivity contribution < 1.29 is 26.3 Å². The van der Waals surface area contributed by atoms with Gasteiger partial charge in [0.1, 0.15) is 0 Å². The zero-order chi connectivity index (χ0) is 15.8. The van der Waals surface area contributed by atoms with E-state index < -0.39 is 29.3 Å². The fourth-order valence-corrected chi connectivity index (χ4v) is 1.87. The molecular weight excluding hydrogens is 322 g/mol. The number of hydrogen-bond donors (Lipinski definition) is 0. The number of nitrogens with zero attached hydrogens (tertiary/aromatic N) is 2. The third-order valence-electron chi connectivity index (χ3n) is 2.65. The van der Waals surface area contributed by atoms with Gasteiger partial charge in [-0.15, -0.1) is 11.6 Å². The second-order valence-corrected chi connectivity index (χ2v) is 4.39. The number of halogens is 7. The number of rotatable bonds is 2. The minimum atomic E-state index is -4.73. The Labute approximate surface area is 119 Å². The highest BCUT2D eigenvalue weighted by atomic mass is 35.5. The highest BCUT2D eigenvalue weighted by Gasteiger charge is 2.36. The summed E-state index contributed by atoms with van der Waals surface area (Å²) in [6.45, 7) is 0. The minimum absolute atomic E-state index is 0.143. The van der Waals surface area contributed by atoms with E-state index in [0.29, 0.717) is 10.7 Å². The van der Waals surface area contributed by atoms with Crippen LogP contribution in [0, 0.1) is 0 Å². The molecule has 0 spiro atoms. The fourth-order valence-electron chi connectivity index (χ4n) is 1.70. The van der Waals surface area contributed by atoms with Crippen LogP contribution in [0.2, 0.25) is 0 Å². The van der Waals surface area contributed by atoms with Crippen molar-refractivity contribution in [3.8, 4) is 5.69 Å². The first-order valence-electron chi connectivity index (χ1n) is 5.52. The van der Waals surface area contributed by atoms with Crippen LogP contribution >= 0.6 is 11.6 Å². The molecule has 21 heavy (non-hydrogen) atoms. The lowest BCUT2D eigenvalue weighted by Gasteiger charge is -2.14. The summed E-state index contributed by atoms with van der Waals surface area (Å²) in [4.78, 5) is 0. The summed E-state index contributed by atoms with van der Waals surface area (Å²) in [7, 11) is 0. The Bertz CT molecular complexity index is 644. The molecule has 0 saturated heterocycles. The summed E-state index contributed by atoms with van der Waals surface area (Å²) in [6.07, 6.45) is -8.63. The Kier molecular flexibility index (Phi) is 3.92. The van der Waals surface area contributed by atoms with Crippen molar-refractivity contribution in [2.75, 3.05) is 0 Å². The van der Waals surface area contributed by atoms with Crippen LogP contribution in [0.25, 0.3) is 5.69 Å². The molecule has 2 aromatic rings. The summed E-state index contributed by atoms with van der Waals surface area (Å²) in [5, 5.41) is 3.14. The van der Waals surface area contributed by atoms with Gasteiger partial charge in [0.15, 0.2) is 5.69 Å². The average Bonchev–Trinajstić information content (AvgIpc) is 2.86. The molecule has 0 aliphatic heterocycles. The zero-order valence-corrected chi connectivity index (χ0v) is 10.9. The summed E-state index contributed by atoms with van der Waals surface area (Å²) < 4.78 is 76.9. The molecule has 0 N–H and O–H groups in total. The smallest absolute Gasteiger partial charge is 0.240 e. The van der Waals surface area contributed by atoms with Crippen LogP contribution in [-0.4, -0.2) is 9.78 Å². The molecule has 0 saturated carbocycles. The summed E-state index contributed by atoms with van der Waals surface area (Å²) >= 11 is 5.47. The van der Waals surface area contributed by atoms with Crippen LogP contribution in [0.4, 0.5) is 26.3 Å². The number of alkyl halides is 7. The van der Waals surface area contributed by atoms with Crippen molar-refractivity contribution >= 4 is 11.6 Å². The lowest BCUT2D eigenvalue weighted by atomic mass is 10.1. The maximum absolute atomic E-state index is 13.0. The Morgan fingerprint density at radius 1 is 1.00 bits per heavy atom. The third kappa shape index (κ3) is 3.31. The number of aromatic nitrogens is 2. The topological polar surface area (TPSA) is 17.8 Å². The molecule has 0 bridgehead atoms. The van der Waals surface area contributed by atoms with Crippen LogP contribution in [0.5, 0.6) is 0 Å². The zero-order valence-electron chi connectivity index (χ0n) is 10.1. The lowest BCUT2D eigenvalue weighted by molar-refractivity contribution is -0.141. The van der Waals surface area contributed by atoms with Gasteiger partial charge in [-0.1, -0.05) is 6.07 Å². The van der Waals surface area contributed by atoms with Crippen LogP contribution in [-0.2, 0) is 18.2 Å². The SMILES string of the molecule is FC(F)(F)c1ccn(-c2ccc(CCl)cc2C(F)(F)F)n1. The molecule has 0 atom stereocenters. The highest BCUT2D eigenvalue weighted by Crippen LogP contribution is 2.35. The standard InChI is InChI=1S/C12H7ClF6N2/c13-6-7-1-2-9(8(5-7)11(14,15)16)21-4-3-10(20-21)12(17,18)19/h1-5H,6H2. The van der Waals surface area contributed by atoms with E-state index in [0.717, 1.165) is 18.3 Å². The third-order valence-corrected chi connectivity index (χ3v) is 2.96. The van der Waals surface area contributed by atoms with Crippen molar-refractivity contribution in [2.45, 2.75) is 18.2 Å². The Morgan fingerprint density at radius 3 is 2.14 bits per heavy atom. The first-order chi connectivity index (χ1) is 9.63. The highest BCUT2D eigenvalue weighted by molar-refractivity contribution is 6.17. The molecule has 1 aromatic carbocycles. The summed E-state index contributed by atoms with van der Waals surface area (Å²) in [5.74, 6) is -0.143. The Morgan fingerprint density at radius 2 is 1.67 bits per heavy atom. The van der Waals surface area contributed by atoms with Crippen molar-refractivity contribution in [1.29, 1.82) is 0 Å². The van der Waals surface area contributed by atoms with Gasteiger partial charge in [-0.2, -0.15) is 31.4 Å². The molecule has 0 radical (unpaired) electrons. The average molecular weight is 329 g/mol. The van der Waals surface area contributed by atoms with E-state index in [2.05, 4.69) is 5.10 Å². The predicted molar refractivity (Wildman–Crippen MR) is 63.1 cm³/mol. The Hall–Kier alpha value is -1.70. The molecule has 2 nitrogen and oxygen atoms in total. The van der Waals surface area contributed by atoms with Crippen LogP contribution in [0.3, 0.4) is 0 Å². The van der Waals surface area contributed by atoms with Gasteiger partial charge in [-0.05, 0) is 23.8 Å². The molecule has 0 amide bonds. The van der Waals surface area contributed by atoms with E-state index in [1.807, 2.05) is 0 Å². The molecule has 0 unspecified atom stereocenters. The van der Waals surface area contributed by atoms with Gasteiger partial charge in [0.05, 0.1) is 11.3 Å². The van der Waals surface area contributed by atoms with Crippen molar-refractivity contribution in [3.63, 3.8) is 0 Å². The minimum Gasteiger partial charge on any atom is -0.240 e. The number of hydrogen-bond acceptors (Lipinski definition) is 1. The molecule has 0 aliphatic carbocycles. The monoisotopic (exact) mass is 328 g/mol. The molecule has 0 fully saturated rings. The molecule has 1 heterocycles. The first kappa shape index (κ1) is 15.7. The second kappa shape index (κ2) is 5.25. The first-order valence-corrected chi connectivity index (χ1v) is 6.05. The van der Waals surface area contributed by atoms with Crippen molar-refractivity contribution in [2.24, 2.45) is 0 Å². The fraction of sp³-hybridized carbons (Fsp3) is 0.250. The predicted octanol–water partition coefficient (Wildman–Crippen LogP) is 4.65. The van der Waals surface area contributed by atoms with Gasteiger partial charge < -0.3 is 0 Å². The number of benzene rings is 1. The lowest BCUT2D eigenvalue weighted by Crippen LogP contribution is -2.13. The van der Waals surface area contributed by atoms with E-state index in [1.165, 1.54) is 6.07 Å². The quantitative estimate of drug-likeness (QED) is 0.579. The van der Waals surface area contributed by atoms with Gasteiger partial charge >= 0.3 is 12.4 Å². The van der Waals surface area contributed by atoms with Crippen molar-refractivity contribution in [1.82, 2.24) is 9.78 Å². The van der Waals surface area contributed by atoms with E-state index in [1.54, 1.807) is 0 Å². The van der Waals surface area contributed by atoms with Crippen LogP contribution in [0.15, 0.2) is 30.5 Å². The molecular formula is C12H7ClF6N2. The van der Waals surface area contributed by atoms with Crippen molar-refractivity contribution in [3.05, 3.63) is 47.3 Å². The molecule has 114 valence electrons. The van der Waals surface area contributed by atoms with Gasteiger partial charge in [-0.3, -0.25) is 0 Å². The molecule has 1 aromatic heterocycles. The van der Waals surface area contributed by atoms with Crippen LogP contribution in [0.1, 0.15) is 16.8 Å². The van der Waals surface area contributed by atoms with Crippen LogP contribution < -0.4 is 0 Å². The Balaban J connectivity index is 2.56. The molecule has 9 heteroatoms. The van der Waals surface area contributed by atoms with E-state index in [-0.39, 0.29) is 11.4 Å². The van der Waals surface area contributed by atoms with Gasteiger partial charge in [0.25, 0.3) is 0 Å².